The number of rotatable bonds is 4. The average Bonchev–Trinajstić information content (AvgIpc) is 2.38. The predicted molar refractivity (Wildman–Crippen MR) is 76.3 cm³/mol. The van der Waals surface area contributed by atoms with Crippen molar-refractivity contribution in [1.82, 2.24) is 4.72 Å². The molecule has 1 saturated heterocycles. The van der Waals surface area contributed by atoms with Crippen LogP contribution in [0.4, 0.5) is 11.4 Å². The lowest BCUT2D eigenvalue weighted by molar-refractivity contribution is -0.384. The van der Waals surface area contributed by atoms with E-state index in [1.54, 1.807) is 6.92 Å². The first-order valence-corrected chi connectivity index (χ1v) is 7.87. The summed E-state index contributed by atoms with van der Waals surface area (Å²) in [5.74, 6) is 0. The summed E-state index contributed by atoms with van der Waals surface area (Å²) in [7, 11) is -3.88. The van der Waals surface area contributed by atoms with Crippen molar-refractivity contribution in [2.75, 3.05) is 18.9 Å². The Kier molecular flexibility index (Phi) is 4.17. The Morgan fingerprint density at radius 3 is 2.76 bits per heavy atom. The van der Waals surface area contributed by atoms with Gasteiger partial charge in [-0.3, -0.25) is 10.1 Å². The smallest absolute Gasteiger partial charge is 0.293 e. The summed E-state index contributed by atoms with van der Waals surface area (Å²) in [5.41, 5.74) is 4.25. The van der Waals surface area contributed by atoms with Crippen LogP contribution < -0.4 is 10.5 Å². The second-order valence-electron chi connectivity index (χ2n) is 5.30. The highest BCUT2D eigenvalue weighted by atomic mass is 32.2. The molecule has 8 nitrogen and oxygen atoms in total. The molecular weight excluding hydrogens is 298 g/mol. The molecule has 1 atom stereocenters. The van der Waals surface area contributed by atoms with Gasteiger partial charge in [-0.25, -0.2) is 13.1 Å². The van der Waals surface area contributed by atoms with Crippen LogP contribution in [0.15, 0.2) is 23.1 Å². The first kappa shape index (κ1) is 15.7. The number of hydrogen-bond donors (Lipinski definition) is 2. The van der Waals surface area contributed by atoms with Gasteiger partial charge < -0.3 is 10.5 Å². The first-order chi connectivity index (χ1) is 9.73. The second kappa shape index (κ2) is 5.58. The van der Waals surface area contributed by atoms with E-state index in [4.69, 9.17) is 10.5 Å². The lowest BCUT2D eigenvalue weighted by Gasteiger charge is -2.33. The highest BCUT2D eigenvalue weighted by molar-refractivity contribution is 7.89. The Morgan fingerprint density at radius 1 is 1.48 bits per heavy atom. The van der Waals surface area contributed by atoms with Crippen molar-refractivity contribution in [1.29, 1.82) is 0 Å². The lowest BCUT2D eigenvalue weighted by Crippen LogP contribution is -2.51. The summed E-state index contributed by atoms with van der Waals surface area (Å²) in [6, 6.07) is 3.43. The molecule has 116 valence electrons. The quantitative estimate of drug-likeness (QED) is 0.485. The normalized spacial score (nSPS) is 22.9. The Morgan fingerprint density at radius 2 is 2.19 bits per heavy atom. The van der Waals surface area contributed by atoms with Gasteiger partial charge in [0.25, 0.3) is 5.69 Å². The third kappa shape index (κ3) is 3.49. The molecule has 1 aromatic carbocycles. The molecule has 1 heterocycles. The van der Waals surface area contributed by atoms with Gasteiger partial charge in [0.05, 0.1) is 22.0 Å². The van der Waals surface area contributed by atoms with E-state index >= 15 is 0 Å². The van der Waals surface area contributed by atoms with Crippen molar-refractivity contribution in [3.63, 3.8) is 0 Å². The van der Waals surface area contributed by atoms with Crippen molar-refractivity contribution in [3.05, 3.63) is 28.3 Å². The third-order valence-electron chi connectivity index (χ3n) is 3.33. The van der Waals surface area contributed by atoms with Crippen molar-refractivity contribution in [3.8, 4) is 0 Å². The zero-order valence-corrected chi connectivity index (χ0v) is 12.4. The maximum atomic E-state index is 12.4. The molecule has 21 heavy (non-hydrogen) atoms. The standard InChI is InChI=1S/C12H17N3O5S/c1-12(5-2-6-20-8-12)14-21(18,19)9-3-4-10(13)11(7-9)15(16)17/h3-4,7,14H,2,5-6,8,13H2,1H3. The number of sulfonamides is 1. The van der Waals surface area contributed by atoms with Crippen LogP contribution in [0.2, 0.25) is 0 Å². The highest BCUT2D eigenvalue weighted by Crippen LogP contribution is 2.27. The number of hydrogen-bond acceptors (Lipinski definition) is 6. The van der Waals surface area contributed by atoms with Gasteiger partial charge in [-0.2, -0.15) is 0 Å². The van der Waals surface area contributed by atoms with Gasteiger partial charge in [-0.1, -0.05) is 0 Å². The van der Waals surface area contributed by atoms with Gasteiger partial charge in [0.2, 0.25) is 10.0 Å². The molecule has 1 fully saturated rings. The van der Waals surface area contributed by atoms with Crippen molar-refractivity contribution in [2.45, 2.75) is 30.2 Å². The number of nitro groups is 1. The fourth-order valence-corrected chi connectivity index (χ4v) is 3.69. The summed E-state index contributed by atoms with van der Waals surface area (Å²) >= 11 is 0. The van der Waals surface area contributed by atoms with E-state index in [0.717, 1.165) is 12.5 Å². The van der Waals surface area contributed by atoms with Gasteiger partial charge in [-0.15, -0.1) is 0 Å². The number of nitrogens with two attached hydrogens (primary N) is 1. The van der Waals surface area contributed by atoms with E-state index in [2.05, 4.69) is 4.72 Å². The fraction of sp³-hybridized carbons (Fsp3) is 0.500. The molecule has 3 N–H and O–H groups in total. The van der Waals surface area contributed by atoms with Gasteiger partial charge >= 0.3 is 0 Å². The van der Waals surface area contributed by atoms with Crippen LogP contribution in [0.5, 0.6) is 0 Å². The van der Waals surface area contributed by atoms with Gasteiger partial charge in [0.1, 0.15) is 5.69 Å². The van der Waals surface area contributed by atoms with E-state index in [0.29, 0.717) is 13.0 Å². The van der Waals surface area contributed by atoms with E-state index in [1.807, 2.05) is 0 Å². The van der Waals surface area contributed by atoms with Crippen molar-refractivity contribution >= 4 is 21.4 Å². The molecule has 0 aliphatic carbocycles. The molecular formula is C12H17N3O5S. The fourth-order valence-electron chi connectivity index (χ4n) is 2.25. The molecule has 2 rings (SSSR count). The number of nitrogen functional groups attached to an aromatic ring is 1. The lowest BCUT2D eigenvalue weighted by atomic mass is 9.97. The number of nitrogens with zero attached hydrogens (tertiary/aromatic N) is 1. The maximum absolute atomic E-state index is 12.4. The van der Waals surface area contributed by atoms with E-state index in [9.17, 15) is 18.5 Å². The van der Waals surface area contributed by atoms with Crippen LogP contribution >= 0.6 is 0 Å². The molecule has 0 saturated carbocycles. The SMILES string of the molecule is CC1(NS(=O)(=O)c2ccc(N)c([N+](=O)[O-])c2)CCCOC1. The largest absolute Gasteiger partial charge is 0.393 e. The minimum absolute atomic E-state index is 0.0776. The van der Waals surface area contributed by atoms with Gasteiger partial charge in [0, 0.05) is 12.7 Å². The van der Waals surface area contributed by atoms with E-state index in [-0.39, 0.29) is 17.2 Å². The van der Waals surface area contributed by atoms with E-state index in [1.165, 1.54) is 12.1 Å². The minimum atomic E-state index is -3.88. The minimum Gasteiger partial charge on any atom is -0.393 e. The number of benzene rings is 1. The van der Waals surface area contributed by atoms with Gasteiger partial charge in [0.15, 0.2) is 0 Å². The third-order valence-corrected chi connectivity index (χ3v) is 4.96. The number of ether oxygens (including phenoxy) is 1. The number of nitro benzene ring substituents is 1. The molecule has 1 unspecified atom stereocenters. The van der Waals surface area contributed by atoms with Crippen LogP contribution in [0.25, 0.3) is 0 Å². The zero-order valence-electron chi connectivity index (χ0n) is 11.5. The second-order valence-corrected chi connectivity index (χ2v) is 6.98. The molecule has 0 amide bonds. The Bertz CT molecular complexity index is 653. The molecule has 1 aliphatic heterocycles. The maximum Gasteiger partial charge on any atom is 0.293 e. The number of nitrogens with one attached hydrogen (secondary N) is 1. The van der Waals surface area contributed by atoms with Crippen molar-refractivity contribution < 1.29 is 18.1 Å². The van der Waals surface area contributed by atoms with Crippen LogP contribution in [0.1, 0.15) is 19.8 Å². The van der Waals surface area contributed by atoms with Crippen molar-refractivity contribution in [2.24, 2.45) is 0 Å². The van der Waals surface area contributed by atoms with Crippen LogP contribution in [-0.2, 0) is 14.8 Å². The molecule has 0 spiro atoms. The number of anilines is 1. The van der Waals surface area contributed by atoms with E-state index < -0.39 is 26.2 Å². The first-order valence-electron chi connectivity index (χ1n) is 6.39. The monoisotopic (exact) mass is 315 g/mol. The summed E-state index contributed by atoms with van der Waals surface area (Å²) in [4.78, 5) is 9.95. The Balaban J connectivity index is 2.31. The molecule has 0 aromatic heterocycles. The highest BCUT2D eigenvalue weighted by Gasteiger charge is 2.33. The molecule has 1 aliphatic rings. The topological polar surface area (TPSA) is 125 Å². The summed E-state index contributed by atoms with van der Waals surface area (Å²) in [5, 5.41) is 10.8. The zero-order chi connectivity index (χ0) is 15.7. The van der Waals surface area contributed by atoms with Crippen LogP contribution in [0.3, 0.4) is 0 Å². The molecule has 1 aromatic rings. The molecule has 9 heteroatoms. The predicted octanol–water partition coefficient (Wildman–Crippen LogP) is 1.02. The van der Waals surface area contributed by atoms with Crippen LogP contribution in [0, 0.1) is 10.1 Å². The summed E-state index contributed by atoms with van der Waals surface area (Å²) in [6.07, 6.45) is 1.39. The molecule has 0 bridgehead atoms. The Labute approximate surface area is 122 Å². The molecule has 0 radical (unpaired) electrons. The summed E-state index contributed by atoms with van der Waals surface area (Å²) < 4.78 is 32.6. The Hall–Kier alpha value is -1.71. The van der Waals surface area contributed by atoms with Gasteiger partial charge in [-0.05, 0) is 31.9 Å². The van der Waals surface area contributed by atoms with Crippen LogP contribution in [-0.4, -0.2) is 32.1 Å². The summed E-state index contributed by atoms with van der Waals surface area (Å²) in [6.45, 7) is 2.61. The average molecular weight is 315 g/mol.